The normalized spacial score (nSPS) is 23.9. The number of rotatable bonds is 3. The maximum absolute atomic E-state index is 12.8. The zero-order valence-corrected chi connectivity index (χ0v) is 16.5. The van der Waals surface area contributed by atoms with Gasteiger partial charge in [-0.2, -0.15) is 5.10 Å². The van der Waals surface area contributed by atoms with Gasteiger partial charge in [0.05, 0.1) is 18.0 Å². The van der Waals surface area contributed by atoms with Crippen LogP contribution in [0.15, 0.2) is 12.3 Å². The number of aryl methyl sites for hydroxylation is 2. The van der Waals surface area contributed by atoms with Gasteiger partial charge in [0.1, 0.15) is 17.5 Å². The van der Waals surface area contributed by atoms with Crippen LogP contribution in [0.5, 0.6) is 0 Å². The molecule has 2 aliphatic rings. The van der Waals surface area contributed by atoms with Crippen LogP contribution in [-0.2, 0) is 28.3 Å². The van der Waals surface area contributed by atoms with Gasteiger partial charge >= 0.3 is 0 Å². The zero-order valence-electron chi connectivity index (χ0n) is 16.5. The lowest BCUT2D eigenvalue weighted by Crippen LogP contribution is -2.47. The fourth-order valence-corrected chi connectivity index (χ4v) is 3.70. The number of amides is 2. The molecule has 9 heteroatoms. The largest absolute Gasteiger partial charge is 0.364 e. The number of ether oxygens (including phenoxy) is 1. The standard InChI is InChI=1S/C19H24N6O3/c1-5-19(3)15-12(10-28-19)9-20-16(22-15)17(26)21-13-6-7-25-14(8-11(2)23-25)24(4)18(13)27/h8-9,13H,5-7,10H2,1-4H3,(H,21,26). The van der Waals surface area contributed by atoms with Crippen molar-refractivity contribution in [3.63, 3.8) is 0 Å². The molecule has 0 saturated carbocycles. The van der Waals surface area contributed by atoms with Crippen molar-refractivity contribution in [2.75, 3.05) is 11.9 Å². The first kappa shape index (κ1) is 18.5. The Morgan fingerprint density at radius 1 is 1.46 bits per heavy atom. The molecule has 9 nitrogen and oxygen atoms in total. The molecule has 4 rings (SSSR count). The number of aromatic nitrogens is 4. The Balaban J connectivity index is 1.54. The van der Waals surface area contributed by atoms with Gasteiger partial charge in [-0.15, -0.1) is 0 Å². The average Bonchev–Trinajstić information content (AvgIpc) is 3.21. The van der Waals surface area contributed by atoms with E-state index < -0.39 is 17.6 Å². The minimum atomic E-state index is -0.662. The Labute approximate surface area is 163 Å². The van der Waals surface area contributed by atoms with Crippen LogP contribution in [0.25, 0.3) is 0 Å². The van der Waals surface area contributed by atoms with Crippen molar-refractivity contribution < 1.29 is 14.3 Å². The molecule has 2 aromatic heterocycles. The molecule has 0 fully saturated rings. The third kappa shape index (κ3) is 2.95. The fourth-order valence-electron chi connectivity index (χ4n) is 3.70. The van der Waals surface area contributed by atoms with E-state index in [2.05, 4.69) is 20.4 Å². The number of nitrogens with zero attached hydrogens (tertiary/aromatic N) is 5. The van der Waals surface area contributed by atoms with Crippen LogP contribution in [0.3, 0.4) is 0 Å². The van der Waals surface area contributed by atoms with Crippen molar-refractivity contribution in [2.24, 2.45) is 0 Å². The van der Waals surface area contributed by atoms with Crippen LogP contribution in [0, 0.1) is 6.92 Å². The summed E-state index contributed by atoms with van der Waals surface area (Å²) in [4.78, 5) is 35.8. The highest BCUT2D eigenvalue weighted by Gasteiger charge is 2.37. The third-order valence-corrected chi connectivity index (χ3v) is 5.58. The molecule has 0 aliphatic carbocycles. The average molecular weight is 384 g/mol. The van der Waals surface area contributed by atoms with E-state index in [4.69, 9.17) is 4.74 Å². The highest BCUT2D eigenvalue weighted by molar-refractivity contribution is 6.00. The number of hydrogen-bond donors (Lipinski definition) is 1. The second-order valence-electron chi connectivity index (χ2n) is 7.52. The summed E-state index contributed by atoms with van der Waals surface area (Å²) in [5.41, 5.74) is 1.98. The van der Waals surface area contributed by atoms with Crippen LogP contribution in [-0.4, -0.2) is 44.7 Å². The van der Waals surface area contributed by atoms with Crippen molar-refractivity contribution in [1.82, 2.24) is 25.1 Å². The van der Waals surface area contributed by atoms with Crippen molar-refractivity contribution in [3.05, 3.63) is 35.0 Å². The molecule has 2 aliphatic heterocycles. The summed E-state index contributed by atoms with van der Waals surface area (Å²) < 4.78 is 7.61. The van der Waals surface area contributed by atoms with Gasteiger partial charge < -0.3 is 10.1 Å². The summed E-state index contributed by atoms with van der Waals surface area (Å²) in [6, 6.07) is 1.20. The molecule has 0 saturated heterocycles. The third-order valence-electron chi connectivity index (χ3n) is 5.58. The minimum absolute atomic E-state index is 0.0530. The molecule has 0 radical (unpaired) electrons. The molecule has 148 valence electrons. The van der Waals surface area contributed by atoms with E-state index >= 15 is 0 Å². The van der Waals surface area contributed by atoms with Gasteiger partial charge in [0.15, 0.2) is 0 Å². The Morgan fingerprint density at radius 3 is 3.00 bits per heavy atom. The molecule has 0 aromatic carbocycles. The van der Waals surface area contributed by atoms with Gasteiger partial charge in [-0.1, -0.05) is 6.92 Å². The van der Waals surface area contributed by atoms with Gasteiger partial charge in [0.2, 0.25) is 5.82 Å². The predicted molar refractivity (Wildman–Crippen MR) is 101 cm³/mol. The van der Waals surface area contributed by atoms with Crippen LogP contribution < -0.4 is 10.2 Å². The van der Waals surface area contributed by atoms with E-state index in [9.17, 15) is 9.59 Å². The molecule has 28 heavy (non-hydrogen) atoms. The summed E-state index contributed by atoms with van der Waals surface area (Å²) in [5.74, 6) is 0.131. The van der Waals surface area contributed by atoms with E-state index in [1.807, 2.05) is 26.8 Å². The Bertz CT molecular complexity index is 955. The maximum atomic E-state index is 12.8. The number of carbonyl (C=O) groups excluding carboxylic acids is 2. The molecule has 2 unspecified atom stereocenters. The topological polar surface area (TPSA) is 102 Å². The molecule has 0 spiro atoms. The molecule has 2 aromatic rings. The second kappa shape index (κ2) is 6.66. The van der Waals surface area contributed by atoms with Crippen molar-refractivity contribution in [3.8, 4) is 0 Å². The van der Waals surface area contributed by atoms with Gasteiger partial charge in [0.25, 0.3) is 11.8 Å². The molecule has 4 heterocycles. The second-order valence-corrected chi connectivity index (χ2v) is 7.52. The van der Waals surface area contributed by atoms with E-state index in [-0.39, 0.29) is 11.7 Å². The summed E-state index contributed by atoms with van der Waals surface area (Å²) in [6.07, 6.45) is 2.83. The lowest BCUT2D eigenvalue weighted by atomic mass is 9.98. The quantitative estimate of drug-likeness (QED) is 0.856. The fraction of sp³-hybridized carbons (Fsp3) is 0.526. The first-order valence-corrected chi connectivity index (χ1v) is 9.45. The van der Waals surface area contributed by atoms with Crippen LogP contribution in [0.4, 0.5) is 5.82 Å². The van der Waals surface area contributed by atoms with Crippen molar-refractivity contribution in [2.45, 2.75) is 58.4 Å². The highest BCUT2D eigenvalue weighted by Crippen LogP contribution is 2.36. The Morgan fingerprint density at radius 2 is 2.25 bits per heavy atom. The first-order chi connectivity index (χ1) is 13.3. The van der Waals surface area contributed by atoms with Crippen LogP contribution in [0.1, 0.15) is 54.3 Å². The number of hydrogen-bond acceptors (Lipinski definition) is 6. The van der Waals surface area contributed by atoms with Crippen LogP contribution in [0.2, 0.25) is 0 Å². The number of fused-ring (bicyclic) bond motifs is 2. The van der Waals surface area contributed by atoms with E-state index in [1.165, 1.54) is 4.90 Å². The smallest absolute Gasteiger partial charge is 0.289 e. The number of anilines is 1. The monoisotopic (exact) mass is 384 g/mol. The first-order valence-electron chi connectivity index (χ1n) is 9.45. The number of nitrogens with one attached hydrogen (secondary N) is 1. The van der Waals surface area contributed by atoms with Crippen molar-refractivity contribution in [1.29, 1.82) is 0 Å². The molecule has 2 atom stereocenters. The Hall–Kier alpha value is -2.81. The van der Waals surface area contributed by atoms with E-state index in [1.54, 1.807) is 17.9 Å². The summed E-state index contributed by atoms with van der Waals surface area (Å²) in [7, 11) is 1.69. The van der Waals surface area contributed by atoms with E-state index in [0.29, 0.717) is 19.6 Å². The SMILES string of the molecule is CCC1(C)OCc2cnc(C(=O)NC3CCn4nc(C)cc4N(C)C3=O)nc21. The molecular formula is C19H24N6O3. The molecule has 2 amide bonds. The summed E-state index contributed by atoms with van der Waals surface area (Å²) in [5, 5.41) is 7.20. The van der Waals surface area contributed by atoms with Gasteiger partial charge in [-0.05, 0) is 26.7 Å². The minimum Gasteiger partial charge on any atom is -0.364 e. The maximum Gasteiger partial charge on any atom is 0.289 e. The zero-order chi connectivity index (χ0) is 20.1. The van der Waals surface area contributed by atoms with Gasteiger partial charge in [-0.3, -0.25) is 14.5 Å². The highest BCUT2D eigenvalue weighted by atomic mass is 16.5. The van der Waals surface area contributed by atoms with Crippen LogP contribution >= 0.6 is 0 Å². The lowest BCUT2D eigenvalue weighted by Gasteiger charge is -2.22. The van der Waals surface area contributed by atoms with Gasteiger partial charge in [0, 0.05) is 31.4 Å². The van der Waals surface area contributed by atoms with Gasteiger partial charge in [-0.25, -0.2) is 14.6 Å². The van der Waals surface area contributed by atoms with E-state index in [0.717, 1.165) is 29.2 Å². The predicted octanol–water partition coefficient (Wildman–Crippen LogP) is 1.30. The number of likely N-dealkylation sites (N-methyl/N-ethyl adjacent to an activating group) is 1. The summed E-state index contributed by atoms with van der Waals surface area (Å²) >= 11 is 0. The lowest BCUT2D eigenvalue weighted by molar-refractivity contribution is -0.120. The Kier molecular flexibility index (Phi) is 4.41. The summed E-state index contributed by atoms with van der Waals surface area (Å²) in [6.45, 7) is 6.84. The molecule has 1 N–H and O–H groups in total. The molecule has 0 bridgehead atoms. The number of carbonyl (C=O) groups is 2. The molecular weight excluding hydrogens is 360 g/mol. The van der Waals surface area contributed by atoms with Crippen molar-refractivity contribution >= 4 is 17.6 Å².